The van der Waals surface area contributed by atoms with Crippen molar-refractivity contribution in [2.75, 3.05) is 6.61 Å². The minimum Gasteiger partial charge on any atom is -0.494 e. The van der Waals surface area contributed by atoms with Crippen LogP contribution in [0.25, 0.3) is 11.1 Å². The molecule has 0 aromatic heterocycles. The molecule has 0 unspecified atom stereocenters. The van der Waals surface area contributed by atoms with Gasteiger partial charge in [-0.2, -0.15) is 0 Å². The average molecular weight is 212 g/mol. The minimum absolute atomic E-state index is 0.712. The summed E-state index contributed by atoms with van der Waals surface area (Å²) < 4.78 is 5.42. The summed E-state index contributed by atoms with van der Waals surface area (Å²) in [6.45, 7) is 4.82. The average Bonchev–Trinajstić information content (AvgIpc) is 2.30. The molecule has 0 heterocycles. The van der Waals surface area contributed by atoms with E-state index in [0.717, 1.165) is 5.75 Å². The molecule has 1 heteroatoms. The van der Waals surface area contributed by atoms with Crippen molar-refractivity contribution in [3.63, 3.8) is 0 Å². The lowest BCUT2D eigenvalue weighted by molar-refractivity contribution is 0.340. The standard InChI is InChI=1S/C15H16O/c1-3-16-15-9-7-13(8-10-15)14-6-4-5-12(2)11-14/h4-11H,3H2,1-2H3. The van der Waals surface area contributed by atoms with E-state index in [0.29, 0.717) is 6.61 Å². The molecule has 0 amide bonds. The Labute approximate surface area is 96.7 Å². The highest BCUT2D eigenvalue weighted by Gasteiger charge is 1.98. The van der Waals surface area contributed by atoms with Crippen molar-refractivity contribution in [3.05, 3.63) is 54.1 Å². The Hall–Kier alpha value is -1.76. The van der Waals surface area contributed by atoms with Crippen molar-refractivity contribution < 1.29 is 4.74 Å². The van der Waals surface area contributed by atoms with Crippen molar-refractivity contribution in [1.82, 2.24) is 0 Å². The number of rotatable bonds is 3. The lowest BCUT2D eigenvalue weighted by Crippen LogP contribution is -1.90. The van der Waals surface area contributed by atoms with Crippen LogP contribution in [0.2, 0.25) is 0 Å². The third-order valence-corrected chi connectivity index (χ3v) is 2.52. The molecule has 2 aromatic carbocycles. The van der Waals surface area contributed by atoms with Gasteiger partial charge in [0.1, 0.15) is 5.75 Å². The third-order valence-electron chi connectivity index (χ3n) is 2.52. The predicted molar refractivity (Wildman–Crippen MR) is 67.8 cm³/mol. The highest BCUT2D eigenvalue weighted by atomic mass is 16.5. The van der Waals surface area contributed by atoms with E-state index in [4.69, 9.17) is 4.74 Å². The molecule has 0 N–H and O–H groups in total. The Morgan fingerprint density at radius 1 is 0.938 bits per heavy atom. The molecule has 0 aliphatic carbocycles. The van der Waals surface area contributed by atoms with Gasteiger partial charge in [0.15, 0.2) is 0 Å². The summed E-state index contributed by atoms with van der Waals surface area (Å²) in [6.07, 6.45) is 0. The summed E-state index contributed by atoms with van der Waals surface area (Å²) in [5.74, 6) is 0.930. The van der Waals surface area contributed by atoms with Gasteiger partial charge in [-0.1, -0.05) is 42.0 Å². The lowest BCUT2D eigenvalue weighted by Gasteiger charge is -2.05. The van der Waals surface area contributed by atoms with Crippen LogP contribution in [0.4, 0.5) is 0 Å². The highest BCUT2D eigenvalue weighted by molar-refractivity contribution is 5.64. The summed E-state index contributed by atoms with van der Waals surface area (Å²) >= 11 is 0. The molecule has 0 atom stereocenters. The molecule has 1 nitrogen and oxygen atoms in total. The molecule has 0 saturated carbocycles. The largest absolute Gasteiger partial charge is 0.494 e. The highest BCUT2D eigenvalue weighted by Crippen LogP contribution is 2.23. The molecule has 0 radical (unpaired) electrons. The molecule has 0 spiro atoms. The SMILES string of the molecule is CCOc1ccc(-c2cccc(C)c2)cc1. The Kier molecular flexibility index (Phi) is 3.25. The number of aryl methyl sites for hydroxylation is 1. The fourth-order valence-corrected chi connectivity index (χ4v) is 1.73. The van der Waals surface area contributed by atoms with Crippen LogP contribution in [0.3, 0.4) is 0 Å². The molecule has 0 aliphatic heterocycles. The summed E-state index contributed by atoms with van der Waals surface area (Å²) in [5.41, 5.74) is 3.77. The van der Waals surface area contributed by atoms with Crippen molar-refractivity contribution in [1.29, 1.82) is 0 Å². The van der Waals surface area contributed by atoms with E-state index in [9.17, 15) is 0 Å². The molecule has 0 saturated heterocycles. The lowest BCUT2D eigenvalue weighted by atomic mass is 10.0. The maximum Gasteiger partial charge on any atom is 0.119 e. The van der Waals surface area contributed by atoms with Gasteiger partial charge in [0.25, 0.3) is 0 Å². The van der Waals surface area contributed by atoms with Gasteiger partial charge >= 0.3 is 0 Å². The maximum atomic E-state index is 5.42. The second kappa shape index (κ2) is 4.84. The molecule has 2 rings (SSSR count). The summed E-state index contributed by atoms with van der Waals surface area (Å²) in [6, 6.07) is 16.7. The number of hydrogen-bond donors (Lipinski definition) is 0. The van der Waals surface area contributed by atoms with Crippen LogP contribution in [0.15, 0.2) is 48.5 Å². The molecule has 82 valence electrons. The van der Waals surface area contributed by atoms with E-state index in [1.807, 2.05) is 19.1 Å². The minimum atomic E-state index is 0.712. The van der Waals surface area contributed by atoms with Crippen LogP contribution < -0.4 is 4.74 Å². The zero-order chi connectivity index (χ0) is 11.4. The molecule has 0 fully saturated rings. The molecule has 0 aliphatic rings. The predicted octanol–water partition coefficient (Wildman–Crippen LogP) is 4.06. The van der Waals surface area contributed by atoms with Crippen LogP contribution in [-0.2, 0) is 0 Å². The van der Waals surface area contributed by atoms with Crippen molar-refractivity contribution in [2.45, 2.75) is 13.8 Å². The van der Waals surface area contributed by atoms with Crippen LogP contribution >= 0.6 is 0 Å². The van der Waals surface area contributed by atoms with E-state index in [2.05, 4.69) is 43.3 Å². The maximum absolute atomic E-state index is 5.42. The van der Waals surface area contributed by atoms with Crippen molar-refractivity contribution in [3.8, 4) is 16.9 Å². The fourth-order valence-electron chi connectivity index (χ4n) is 1.73. The smallest absolute Gasteiger partial charge is 0.119 e. The summed E-state index contributed by atoms with van der Waals surface area (Å²) in [7, 11) is 0. The normalized spacial score (nSPS) is 10.1. The Bertz CT molecular complexity index is 457. The van der Waals surface area contributed by atoms with Gasteiger partial charge in [-0.15, -0.1) is 0 Å². The number of ether oxygens (including phenoxy) is 1. The van der Waals surface area contributed by atoms with Crippen molar-refractivity contribution >= 4 is 0 Å². The zero-order valence-electron chi connectivity index (χ0n) is 9.73. The topological polar surface area (TPSA) is 9.23 Å². The first-order valence-corrected chi connectivity index (χ1v) is 5.59. The van der Waals surface area contributed by atoms with Gasteiger partial charge in [-0.25, -0.2) is 0 Å². The van der Waals surface area contributed by atoms with Crippen LogP contribution in [0, 0.1) is 6.92 Å². The zero-order valence-corrected chi connectivity index (χ0v) is 9.73. The molecule has 16 heavy (non-hydrogen) atoms. The first kappa shape index (κ1) is 10.7. The van der Waals surface area contributed by atoms with Gasteiger partial charge in [0.2, 0.25) is 0 Å². The quantitative estimate of drug-likeness (QED) is 0.745. The van der Waals surface area contributed by atoms with E-state index >= 15 is 0 Å². The molecule has 0 bridgehead atoms. The summed E-state index contributed by atoms with van der Waals surface area (Å²) in [4.78, 5) is 0. The van der Waals surface area contributed by atoms with Gasteiger partial charge < -0.3 is 4.74 Å². The Morgan fingerprint density at radius 3 is 2.31 bits per heavy atom. The Balaban J connectivity index is 2.27. The van der Waals surface area contributed by atoms with Crippen LogP contribution in [0.5, 0.6) is 5.75 Å². The second-order valence-corrected chi connectivity index (χ2v) is 3.83. The fraction of sp³-hybridized carbons (Fsp3) is 0.200. The van der Waals surface area contributed by atoms with E-state index in [-0.39, 0.29) is 0 Å². The van der Waals surface area contributed by atoms with Gasteiger partial charge in [-0.05, 0) is 37.1 Å². The monoisotopic (exact) mass is 212 g/mol. The van der Waals surface area contributed by atoms with E-state index in [1.54, 1.807) is 0 Å². The Morgan fingerprint density at radius 2 is 1.69 bits per heavy atom. The molecule has 2 aromatic rings. The van der Waals surface area contributed by atoms with Gasteiger partial charge in [0, 0.05) is 0 Å². The van der Waals surface area contributed by atoms with Crippen LogP contribution in [-0.4, -0.2) is 6.61 Å². The first-order chi connectivity index (χ1) is 7.79. The second-order valence-electron chi connectivity index (χ2n) is 3.83. The number of hydrogen-bond acceptors (Lipinski definition) is 1. The molecular formula is C15H16O. The van der Waals surface area contributed by atoms with E-state index < -0.39 is 0 Å². The van der Waals surface area contributed by atoms with Gasteiger partial charge in [0.05, 0.1) is 6.61 Å². The van der Waals surface area contributed by atoms with Crippen LogP contribution in [0.1, 0.15) is 12.5 Å². The van der Waals surface area contributed by atoms with E-state index in [1.165, 1.54) is 16.7 Å². The van der Waals surface area contributed by atoms with Crippen molar-refractivity contribution in [2.24, 2.45) is 0 Å². The summed E-state index contributed by atoms with van der Waals surface area (Å²) in [5, 5.41) is 0. The first-order valence-electron chi connectivity index (χ1n) is 5.59. The van der Waals surface area contributed by atoms with Gasteiger partial charge in [-0.3, -0.25) is 0 Å². The number of benzene rings is 2. The third kappa shape index (κ3) is 2.43. The molecular weight excluding hydrogens is 196 g/mol.